The molecule has 0 spiro atoms. The standard InChI is InChI=1S/C15H14ClNO3S/c16-12-8-11(9-13-15(12)20-7-3-6-19-13)10-21-14-4-1-2-5-17(14)18/h1-2,4-5,8-9H,3,6-7,10H2. The lowest BCUT2D eigenvalue weighted by Crippen LogP contribution is -2.27. The van der Waals surface area contributed by atoms with E-state index in [2.05, 4.69) is 0 Å². The maximum absolute atomic E-state index is 11.6. The van der Waals surface area contributed by atoms with Crippen LogP contribution < -0.4 is 14.2 Å². The second-order valence-corrected chi connectivity index (χ2v) is 6.01. The summed E-state index contributed by atoms with van der Waals surface area (Å²) in [6, 6.07) is 9.14. The van der Waals surface area contributed by atoms with Crippen LogP contribution in [0, 0.1) is 5.21 Å². The van der Waals surface area contributed by atoms with E-state index in [0.717, 1.165) is 16.7 Å². The van der Waals surface area contributed by atoms with Gasteiger partial charge in [0.2, 0.25) is 0 Å². The topological polar surface area (TPSA) is 45.4 Å². The highest BCUT2D eigenvalue weighted by molar-refractivity contribution is 7.98. The molecular formula is C15H14ClNO3S. The average Bonchev–Trinajstić information content (AvgIpc) is 2.72. The summed E-state index contributed by atoms with van der Waals surface area (Å²) in [7, 11) is 0. The summed E-state index contributed by atoms with van der Waals surface area (Å²) < 4.78 is 12.1. The van der Waals surface area contributed by atoms with Crippen LogP contribution in [-0.2, 0) is 5.75 Å². The molecule has 2 heterocycles. The first kappa shape index (κ1) is 14.4. The van der Waals surface area contributed by atoms with Crippen molar-refractivity contribution in [2.24, 2.45) is 0 Å². The zero-order valence-corrected chi connectivity index (χ0v) is 12.8. The number of pyridine rings is 1. The summed E-state index contributed by atoms with van der Waals surface area (Å²) in [6.07, 6.45) is 2.33. The minimum absolute atomic E-state index is 0.549. The van der Waals surface area contributed by atoms with Crippen molar-refractivity contribution in [3.8, 4) is 11.5 Å². The van der Waals surface area contributed by atoms with E-state index in [1.54, 1.807) is 12.1 Å². The van der Waals surface area contributed by atoms with Gasteiger partial charge in [0, 0.05) is 24.3 Å². The second-order valence-electron chi connectivity index (χ2n) is 4.61. The summed E-state index contributed by atoms with van der Waals surface area (Å²) in [5.41, 5.74) is 0.998. The number of aromatic nitrogens is 1. The quantitative estimate of drug-likeness (QED) is 0.493. The first-order chi connectivity index (χ1) is 10.2. The fourth-order valence-corrected chi connectivity index (χ4v) is 3.18. The highest BCUT2D eigenvalue weighted by Crippen LogP contribution is 2.39. The van der Waals surface area contributed by atoms with E-state index in [1.807, 2.05) is 18.2 Å². The number of fused-ring (bicyclic) bond motifs is 1. The summed E-state index contributed by atoms with van der Waals surface area (Å²) in [4.78, 5) is 0. The molecule has 1 aliphatic rings. The van der Waals surface area contributed by atoms with E-state index in [1.165, 1.54) is 18.0 Å². The van der Waals surface area contributed by atoms with Gasteiger partial charge in [0.05, 0.1) is 18.2 Å². The minimum Gasteiger partial charge on any atom is -0.618 e. The smallest absolute Gasteiger partial charge is 0.251 e. The van der Waals surface area contributed by atoms with Crippen LogP contribution in [0.25, 0.3) is 0 Å². The van der Waals surface area contributed by atoms with Gasteiger partial charge in [-0.05, 0) is 23.8 Å². The van der Waals surface area contributed by atoms with Gasteiger partial charge in [-0.1, -0.05) is 23.4 Å². The molecule has 0 atom stereocenters. The van der Waals surface area contributed by atoms with E-state index >= 15 is 0 Å². The molecule has 2 aromatic rings. The van der Waals surface area contributed by atoms with Crippen molar-refractivity contribution in [2.75, 3.05) is 13.2 Å². The molecule has 0 saturated heterocycles. The maximum Gasteiger partial charge on any atom is 0.251 e. The summed E-state index contributed by atoms with van der Waals surface area (Å²) in [5, 5.41) is 12.8. The van der Waals surface area contributed by atoms with Gasteiger partial charge in [0.1, 0.15) is 0 Å². The molecule has 0 amide bonds. The third-order valence-electron chi connectivity index (χ3n) is 3.04. The van der Waals surface area contributed by atoms with Gasteiger partial charge < -0.3 is 14.7 Å². The normalized spacial score (nSPS) is 13.8. The van der Waals surface area contributed by atoms with Gasteiger partial charge in [-0.2, -0.15) is 4.73 Å². The van der Waals surface area contributed by atoms with Gasteiger partial charge in [-0.3, -0.25) is 0 Å². The Hall–Kier alpha value is -1.59. The molecule has 0 saturated carbocycles. The molecule has 21 heavy (non-hydrogen) atoms. The van der Waals surface area contributed by atoms with Crippen LogP contribution in [0.4, 0.5) is 0 Å². The monoisotopic (exact) mass is 323 g/mol. The zero-order valence-electron chi connectivity index (χ0n) is 11.3. The maximum atomic E-state index is 11.6. The van der Waals surface area contributed by atoms with Gasteiger partial charge in [0.15, 0.2) is 17.7 Å². The highest BCUT2D eigenvalue weighted by Gasteiger charge is 2.16. The van der Waals surface area contributed by atoms with E-state index < -0.39 is 0 Å². The van der Waals surface area contributed by atoms with Crippen LogP contribution in [-0.4, -0.2) is 13.2 Å². The van der Waals surface area contributed by atoms with Crippen LogP contribution in [0.5, 0.6) is 11.5 Å². The van der Waals surface area contributed by atoms with Gasteiger partial charge in [-0.15, -0.1) is 0 Å². The molecule has 110 valence electrons. The predicted octanol–water partition coefficient (Wildman–Crippen LogP) is 3.43. The van der Waals surface area contributed by atoms with Gasteiger partial charge in [0.25, 0.3) is 5.03 Å². The SMILES string of the molecule is [O-][n+]1ccccc1SCc1cc(Cl)c2c(c1)OCCCO2. The summed E-state index contributed by atoms with van der Waals surface area (Å²) in [5.74, 6) is 1.93. The molecule has 0 N–H and O–H groups in total. The Bertz CT molecular complexity index is 651. The van der Waals surface area contributed by atoms with Crippen molar-refractivity contribution in [3.63, 3.8) is 0 Å². The Morgan fingerprint density at radius 3 is 2.95 bits per heavy atom. The third kappa shape index (κ3) is 3.36. The highest BCUT2D eigenvalue weighted by atomic mass is 35.5. The predicted molar refractivity (Wildman–Crippen MR) is 82.0 cm³/mol. The second kappa shape index (κ2) is 6.45. The fourth-order valence-electron chi connectivity index (χ4n) is 2.05. The lowest BCUT2D eigenvalue weighted by atomic mass is 10.2. The number of hydrogen-bond acceptors (Lipinski definition) is 4. The van der Waals surface area contributed by atoms with Crippen molar-refractivity contribution in [2.45, 2.75) is 17.2 Å². The summed E-state index contributed by atoms with van der Waals surface area (Å²) >= 11 is 7.71. The molecule has 1 aromatic carbocycles. The van der Waals surface area contributed by atoms with Crippen molar-refractivity contribution in [1.82, 2.24) is 0 Å². The Kier molecular flexibility index (Phi) is 4.41. The van der Waals surface area contributed by atoms with Crippen LogP contribution in [0.2, 0.25) is 5.02 Å². The molecule has 0 bridgehead atoms. The van der Waals surface area contributed by atoms with E-state index in [9.17, 15) is 5.21 Å². The van der Waals surface area contributed by atoms with E-state index in [0.29, 0.717) is 40.5 Å². The Balaban J connectivity index is 1.79. The number of thioether (sulfide) groups is 1. The molecule has 1 aromatic heterocycles. The van der Waals surface area contributed by atoms with Gasteiger partial charge in [-0.25, -0.2) is 0 Å². The molecule has 0 unspecified atom stereocenters. The number of rotatable bonds is 3. The molecule has 6 heteroatoms. The lowest BCUT2D eigenvalue weighted by Gasteiger charge is -2.11. The van der Waals surface area contributed by atoms with E-state index in [4.69, 9.17) is 21.1 Å². The Morgan fingerprint density at radius 1 is 1.24 bits per heavy atom. The molecule has 0 aliphatic carbocycles. The number of nitrogens with zero attached hydrogens (tertiary/aromatic N) is 1. The summed E-state index contributed by atoms with van der Waals surface area (Å²) in [6.45, 7) is 1.24. The number of ether oxygens (including phenoxy) is 2. The fraction of sp³-hybridized carbons (Fsp3) is 0.267. The molecule has 0 fully saturated rings. The van der Waals surface area contributed by atoms with Crippen molar-refractivity contribution >= 4 is 23.4 Å². The largest absolute Gasteiger partial charge is 0.618 e. The van der Waals surface area contributed by atoms with Crippen molar-refractivity contribution < 1.29 is 14.2 Å². The van der Waals surface area contributed by atoms with Crippen LogP contribution in [0.3, 0.4) is 0 Å². The van der Waals surface area contributed by atoms with Crippen molar-refractivity contribution in [3.05, 3.63) is 52.3 Å². The third-order valence-corrected chi connectivity index (χ3v) is 4.41. The first-order valence-electron chi connectivity index (χ1n) is 6.63. The molecule has 4 nitrogen and oxygen atoms in total. The number of hydrogen-bond donors (Lipinski definition) is 0. The molecule has 1 aliphatic heterocycles. The zero-order chi connectivity index (χ0) is 14.7. The van der Waals surface area contributed by atoms with Crippen LogP contribution >= 0.6 is 23.4 Å². The Morgan fingerprint density at radius 2 is 2.10 bits per heavy atom. The van der Waals surface area contributed by atoms with Crippen molar-refractivity contribution in [1.29, 1.82) is 0 Å². The minimum atomic E-state index is 0.549. The van der Waals surface area contributed by atoms with Crippen LogP contribution in [0.15, 0.2) is 41.6 Å². The van der Waals surface area contributed by atoms with Gasteiger partial charge >= 0.3 is 0 Å². The lowest BCUT2D eigenvalue weighted by molar-refractivity contribution is -0.645. The number of benzene rings is 1. The number of halogens is 1. The average molecular weight is 324 g/mol. The van der Waals surface area contributed by atoms with E-state index in [-0.39, 0.29) is 0 Å². The van der Waals surface area contributed by atoms with Crippen LogP contribution in [0.1, 0.15) is 12.0 Å². The molecular weight excluding hydrogens is 310 g/mol. The Labute approximate surface area is 132 Å². The molecule has 3 rings (SSSR count). The molecule has 0 radical (unpaired) electrons. The first-order valence-corrected chi connectivity index (χ1v) is 7.99.